The number of hydrogen-bond donors (Lipinski definition) is 2. The zero-order valence-electron chi connectivity index (χ0n) is 10.9. The Kier molecular flexibility index (Phi) is 4.35. The van der Waals surface area contributed by atoms with Gasteiger partial charge in [-0.15, -0.1) is 11.3 Å². The summed E-state index contributed by atoms with van der Waals surface area (Å²) in [6, 6.07) is 0. The van der Waals surface area contributed by atoms with Gasteiger partial charge >= 0.3 is 0 Å². The summed E-state index contributed by atoms with van der Waals surface area (Å²) in [4.78, 5) is 16.9. The van der Waals surface area contributed by atoms with Gasteiger partial charge in [0.2, 0.25) is 0 Å². The van der Waals surface area contributed by atoms with E-state index < -0.39 is 0 Å². The lowest BCUT2D eigenvalue weighted by molar-refractivity contribution is 0.0664. The van der Waals surface area contributed by atoms with Crippen LogP contribution in [0.1, 0.15) is 46.1 Å². The van der Waals surface area contributed by atoms with Gasteiger partial charge in [-0.1, -0.05) is 12.8 Å². The molecule has 5 heteroatoms. The molecule has 100 valence electrons. The number of rotatable bonds is 3. The van der Waals surface area contributed by atoms with Crippen LogP contribution in [0.25, 0.3) is 0 Å². The minimum atomic E-state index is -0.261. The molecule has 1 amide bonds. The Morgan fingerprint density at radius 3 is 2.78 bits per heavy atom. The summed E-state index contributed by atoms with van der Waals surface area (Å²) in [5.41, 5.74) is 0.791. The molecule has 0 aliphatic heterocycles. The SMILES string of the molecule is Cc1nc(C)c(C(=O)NCC2CCCCC2O)s1. The first kappa shape index (κ1) is 13.5. The zero-order valence-corrected chi connectivity index (χ0v) is 11.7. The van der Waals surface area contributed by atoms with E-state index in [2.05, 4.69) is 10.3 Å². The third kappa shape index (κ3) is 3.09. The third-order valence-electron chi connectivity index (χ3n) is 3.50. The highest BCUT2D eigenvalue weighted by molar-refractivity contribution is 7.13. The van der Waals surface area contributed by atoms with Crippen LogP contribution in [0.2, 0.25) is 0 Å². The first-order valence-electron chi connectivity index (χ1n) is 6.48. The highest BCUT2D eigenvalue weighted by Gasteiger charge is 2.24. The summed E-state index contributed by atoms with van der Waals surface area (Å²) in [7, 11) is 0. The maximum atomic E-state index is 12.0. The number of amides is 1. The Balaban J connectivity index is 1.90. The molecule has 0 aromatic carbocycles. The van der Waals surface area contributed by atoms with E-state index in [0.717, 1.165) is 36.4 Å². The predicted octanol–water partition coefficient (Wildman–Crippen LogP) is 2.04. The van der Waals surface area contributed by atoms with Crippen molar-refractivity contribution in [1.29, 1.82) is 0 Å². The van der Waals surface area contributed by atoms with Crippen molar-refractivity contribution in [1.82, 2.24) is 10.3 Å². The second-order valence-corrected chi connectivity index (χ2v) is 6.17. The number of nitrogens with zero attached hydrogens (tertiary/aromatic N) is 1. The van der Waals surface area contributed by atoms with E-state index in [1.54, 1.807) is 0 Å². The Morgan fingerprint density at radius 1 is 1.44 bits per heavy atom. The summed E-state index contributed by atoms with van der Waals surface area (Å²) in [6.07, 6.45) is 3.85. The van der Waals surface area contributed by atoms with Crippen molar-refractivity contribution in [2.45, 2.75) is 45.6 Å². The van der Waals surface area contributed by atoms with Gasteiger partial charge in [0, 0.05) is 12.5 Å². The average Bonchev–Trinajstić information content (AvgIpc) is 2.67. The largest absolute Gasteiger partial charge is 0.393 e. The molecule has 2 unspecified atom stereocenters. The molecule has 1 aromatic heterocycles. The fourth-order valence-electron chi connectivity index (χ4n) is 2.47. The maximum Gasteiger partial charge on any atom is 0.263 e. The molecular formula is C13H20N2O2S. The van der Waals surface area contributed by atoms with E-state index in [-0.39, 0.29) is 17.9 Å². The lowest BCUT2D eigenvalue weighted by Gasteiger charge is -2.27. The maximum absolute atomic E-state index is 12.0. The fraction of sp³-hybridized carbons (Fsp3) is 0.692. The van der Waals surface area contributed by atoms with E-state index in [4.69, 9.17) is 0 Å². The van der Waals surface area contributed by atoms with Gasteiger partial charge in [-0.25, -0.2) is 4.98 Å². The van der Waals surface area contributed by atoms with Crippen LogP contribution in [0.3, 0.4) is 0 Å². The number of nitrogens with one attached hydrogen (secondary N) is 1. The highest BCUT2D eigenvalue weighted by Crippen LogP contribution is 2.24. The molecule has 0 spiro atoms. The number of thiazole rings is 1. The quantitative estimate of drug-likeness (QED) is 0.882. The molecule has 0 saturated heterocycles. The number of aliphatic hydroxyl groups is 1. The summed E-state index contributed by atoms with van der Waals surface area (Å²) in [5, 5.41) is 13.7. The molecule has 1 heterocycles. The summed E-state index contributed by atoms with van der Waals surface area (Å²) >= 11 is 1.42. The molecule has 4 nitrogen and oxygen atoms in total. The van der Waals surface area contributed by atoms with Crippen LogP contribution in [0.4, 0.5) is 0 Å². The predicted molar refractivity (Wildman–Crippen MR) is 71.9 cm³/mol. The highest BCUT2D eigenvalue weighted by atomic mass is 32.1. The van der Waals surface area contributed by atoms with Gasteiger partial charge in [0.15, 0.2) is 0 Å². The van der Waals surface area contributed by atoms with Gasteiger partial charge in [0.1, 0.15) is 4.88 Å². The summed E-state index contributed by atoms with van der Waals surface area (Å²) in [6.45, 7) is 4.32. The molecule has 18 heavy (non-hydrogen) atoms. The van der Waals surface area contributed by atoms with Crippen LogP contribution < -0.4 is 5.32 Å². The number of aryl methyl sites for hydroxylation is 2. The van der Waals surface area contributed by atoms with Crippen LogP contribution in [-0.2, 0) is 0 Å². The van der Waals surface area contributed by atoms with Crippen LogP contribution in [0.5, 0.6) is 0 Å². The number of carbonyl (C=O) groups is 1. The van der Waals surface area contributed by atoms with Gasteiger partial charge < -0.3 is 10.4 Å². The number of carbonyl (C=O) groups excluding carboxylic acids is 1. The summed E-state index contributed by atoms with van der Waals surface area (Å²) in [5.74, 6) is 0.146. The first-order chi connectivity index (χ1) is 8.58. The second-order valence-electron chi connectivity index (χ2n) is 4.97. The smallest absolute Gasteiger partial charge is 0.263 e. The monoisotopic (exact) mass is 268 g/mol. The molecule has 2 N–H and O–H groups in total. The standard InChI is InChI=1S/C13H20N2O2S/c1-8-12(18-9(2)15-8)13(17)14-7-10-5-3-4-6-11(10)16/h10-11,16H,3-7H2,1-2H3,(H,14,17). The van der Waals surface area contributed by atoms with Gasteiger partial charge in [-0.2, -0.15) is 0 Å². The van der Waals surface area contributed by atoms with Gasteiger partial charge in [-0.05, 0) is 26.7 Å². The van der Waals surface area contributed by atoms with Gasteiger partial charge in [-0.3, -0.25) is 4.79 Å². The number of hydrogen-bond acceptors (Lipinski definition) is 4. The Hall–Kier alpha value is -0.940. The summed E-state index contributed by atoms with van der Waals surface area (Å²) < 4.78 is 0. The minimum Gasteiger partial charge on any atom is -0.393 e. The molecule has 0 bridgehead atoms. The topological polar surface area (TPSA) is 62.2 Å². The normalized spacial score (nSPS) is 23.9. The van der Waals surface area contributed by atoms with Crippen molar-refractivity contribution < 1.29 is 9.90 Å². The zero-order chi connectivity index (χ0) is 13.1. The van der Waals surface area contributed by atoms with Crippen molar-refractivity contribution in [2.75, 3.05) is 6.54 Å². The van der Waals surface area contributed by atoms with E-state index in [9.17, 15) is 9.90 Å². The molecule has 1 aliphatic rings. The van der Waals surface area contributed by atoms with Crippen molar-refractivity contribution in [3.8, 4) is 0 Å². The van der Waals surface area contributed by atoms with E-state index >= 15 is 0 Å². The molecule has 1 aliphatic carbocycles. The van der Waals surface area contributed by atoms with Crippen LogP contribution in [0, 0.1) is 19.8 Å². The molecule has 2 atom stereocenters. The van der Waals surface area contributed by atoms with Crippen molar-refractivity contribution in [2.24, 2.45) is 5.92 Å². The molecule has 1 saturated carbocycles. The van der Waals surface area contributed by atoms with E-state index in [1.807, 2.05) is 13.8 Å². The van der Waals surface area contributed by atoms with E-state index in [0.29, 0.717) is 11.4 Å². The van der Waals surface area contributed by atoms with Crippen molar-refractivity contribution >= 4 is 17.2 Å². The molecule has 1 fully saturated rings. The minimum absolute atomic E-state index is 0.0594. The first-order valence-corrected chi connectivity index (χ1v) is 7.30. The molecule has 1 aromatic rings. The molecule has 2 rings (SSSR count). The van der Waals surface area contributed by atoms with Crippen molar-refractivity contribution in [3.05, 3.63) is 15.6 Å². The number of aliphatic hydroxyl groups excluding tert-OH is 1. The Bertz CT molecular complexity index is 431. The van der Waals surface area contributed by atoms with Crippen LogP contribution in [0.15, 0.2) is 0 Å². The fourth-order valence-corrected chi connectivity index (χ4v) is 3.31. The molecule has 0 radical (unpaired) electrons. The lowest BCUT2D eigenvalue weighted by atomic mass is 9.86. The Labute approximate surface area is 111 Å². The Morgan fingerprint density at radius 2 is 2.17 bits per heavy atom. The third-order valence-corrected chi connectivity index (χ3v) is 4.58. The van der Waals surface area contributed by atoms with Crippen LogP contribution in [-0.4, -0.2) is 28.6 Å². The lowest BCUT2D eigenvalue weighted by Crippen LogP contribution is -2.36. The van der Waals surface area contributed by atoms with Crippen molar-refractivity contribution in [3.63, 3.8) is 0 Å². The van der Waals surface area contributed by atoms with Gasteiger partial charge in [0.25, 0.3) is 5.91 Å². The van der Waals surface area contributed by atoms with Crippen LogP contribution >= 0.6 is 11.3 Å². The second kappa shape index (κ2) is 5.80. The molecular weight excluding hydrogens is 248 g/mol. The van der Waals surface area contributed by atoms with Gasteiger partial charge in [0.05, 0.1) is 16.8 Å². The number of aromatic nitrogens is 1. The average molecular weight is 268 g/mol. The van der Waals surface area contributed by atoms with E-state index in [1.165, 1.54) is 11.3 Å².